The number of thiophene rings is 1. The van der Waals surface area contributed by atoms with Crippen molar-refractivity contribution < 1.29 is 9.50 Å². The molecule has 1 unspecified atom stereocenters. The van der Waals surface area contributed by atoms with Gasteiger partial charge in [-0.2, -0.15) is 0 Å². The van der Waals surface area contributed by atoms with Crippen LogP contribution >= 0.6 is 11.3 Å². The summed E-state index contributed by atoms with van der Waals surface area (Å²) in [4.78, 5) is 2.54. The molecule has 2 N–H and O–H groups in total. The van der Waals surface area contributed by atoms with Crippen LogP contribution in [0.5, 0.6) is 0 Å². The van der Waals surface area contributed by atoms with Crippen LogP contribution in [0.2, 0.25) is 0 Å². The fourth-order valence-corrected chi connectivity index (χ4v) is 2.95. The van der Waals surface area contributed by atoms with E-state index >= 15 is 0 Å². The Bertz CT molecular complexity index is 533. The van der Waals surface area contributed by atoms with Crippen LogP contribution in [0.25, 0.3) is 0 Å². The van der Waals surface area contributed by atoms with Crippen molar-refractivity contribution in [2.45, 2.75) is 26.5 Å². The second kappa shape index (κ2) is 6.28. The van der Waals surface area contributed by atoms with Crippen LogP contribution in [0, 0.1) is 19.7 Å². The van der Waals surface area contributed by atoms with E-state index < -0.39 is 6.10 Å². The van der Waals surface area contributed by atoms with Crippen molar-refractivity contribution in [1.29, 1.82) is 0 Å². The first kappa shape index (κ1) is 14.2. The van der Waals surface area contributed by atoms with Crippen molar-refractivity contribution in [1.82, 2.24) is 5.32 Å². The normalized spacial score (nSPS) is 12.6. The average molecular weight is 279 g/mol. The maximum Gasteiger partial charge on any atom is 0.129 e. The molecule has 1 atom stereocenters. The van der Waals surface area contributed by atoms with E-state index in [-0.39, 0.29) is 5.82 Å². The molecule has 0 radical (unpaired) electrons. The van der Waals surface area contributed by atoms with Gasteiger partial charge in [-0.3, -0.25) is 0 Å². The Morgan fingerprint density at radius 2 is 2.05 bits per heavy atom. The Kier molecular flexibility index (Phi) is 4.69. The van der Waals surface area contributed by atoms with Gasteiger partial charge in [-0.25, -0.2) is 4.39 Å². The summed E-state index contributed by atoms with van der Waals surface area (Å²) in [6, 6.07) is 8.47. The molecule has 19 heavy (non-hydrogen) atoms. The Balaban J connectivity index is 1.87. The summed E-state index contributed by atoms with van der Waals surface area (Å²) in [5, 5.41) is 13.1. The summed E-state index contributed by atoms with van der Waals surface area (Å²) in [6.07, 6.45) is -0.816. The number of benzene rings is 1. The van der Waals surface area contributed by atoms with E-state index in [1.165, 1.54) is 21.4 Å². The van der Waals surface area contributed by atoms with Gasteiger partial charge in [0.2, 0.25) is 0 Å². The molecule has 0 spiro atoms. The van der Waals surface area contributed by atoms with E-state index in [9.17, 15) is 9.50 Å². The quantitative estimate of drug-likeness (QED) is 0.880. The lowest BCUT2D eigenvalue weighted by Crippen LogP contribution is -2.21. The molecule has 4 heteroatoms. The maximum atomic E-state index is 13.5. The van der Waals surface area contributed by atoms with E-state index in [1.807, 2.05) is 0 Å². The van der Waals surface area contributed by atoms with Crippen LogP contribution in [0.1, 0.15) is 27.0 Å². The molecular formula is C15H18FNOS. The molecular weight excluding hydrogens is 261 g/mol. The van der Waals surface area contributed by atoms with E-state index in [2.05, 4.69) is 25.2 Å². The van der Waals surface area contributed by atoms with Crippen molar-refractivity contribution in [3.05, 3.63) is 57.0 Å². The molecule has 0 saturated heterocycles. The van der Waals surface area contributed by atoms with Gasteiger partial charge in [-0.1, -0.05) is 18.2 Å². The Morgan fingerprint density at radius 3 is 2.68 bits per heavy atom. The Labute approximate surface area is 116 Å². The van der Waals surface area contributed by atoms with Gasteiger partial charge in [-0.05, 0) is 31.5 Å². The van der Waals surface area contributed by atoms with E-state index in [0.717, 1.165) is 0 Å². The highest BCUT2D eigenvalue weighted by Crippen LogP contribution is 2.21. The summed E-state index contributed by atoms with van der Waals surface area (Å²) in [5.74, 6) is -0.361. The molecule has 2 nitrogen and oxygen atoms in total. The molecule has 1 heterocycles. The molecule has 0 bridgehead atoms. The van der Waals surface area contributed by atoms with Gasteiger partial charge >= 0.3 is 0 Å². The van der Waals surface area contributed by atoms with Crippen molar-refractivity contribution in [2.24, 2.45) is 0 Å². The zero-order valence-electron chi connectivity index (χ0n) is 11.1. The average Bonchev–Trinajstić information content (AvgIpc) is 2.69. The zero-order valence-corrected chi connectivity index (χ0v) is 11.9. The van der Waals surface area contributed by atoms with Crippen LogP contribution in [0.3, 0.4) is 0 Å². The van der Waals surface area contributed by atoms with Crippen LogP contribution in [-0.2, 0) is 6.54 Å². The SMILES string of the molecule is Cc1cc(CNCC(O)c2ccccc2F)sc1C. The van der Waals surface area contributed by atoms with Crippen LogP contribution in [0.15, 0.2) is 30.3 Å². The van der Waals surface area contributed by atoms with Gasteiger partial charge in [0.15, 0.2) is 0 Å². The highest BCUT2D eigenvalue weighted by atomic mass is 32.1. The largest absolute Gasteiger partial charge is 0.387 e. The standard InChI is InChI=1S/C15H18FNOS/c1-10-7-12(19-11(10)2)8-17-9-15(18)13-5-3-4-6-14(13)16/h3-7,15,17-18H,8-9H2,1-2H3. The smallest absolute Gasteiger partial charge is 0.129 e. The minimum atomic E-state index is -0.816. The van der Waals surface area contributed by atoms with Gasteiger partial charge < -0.3 is 10.4 Å². The molecule has 1 aromatic heterocycles. The van der Waals surface area contributed by atoms with Crippen molar-refractivity contribution >= 4 is 11.3 Å². The molecule has 0 saturated carbocycles. The summed E-state index contributed by atoms with van der Waals surface area (Å²) in [6.45, 7) is 5.23. The second-order valence-corrected chi connectivity index (χ2v) is 5.96. The number of nitrogens with one attached hydrogen (secondary N) is 1. The van der Waals surface area contributed by atoms with E-state index in [0.29, 0.717) is 18.7 Å². The number of halogens is 1. The van der Waals surface area contributed by atoms with Crippen LogP contribution < -0.4 is 5.32 Å². The number of aryl methyl sites for hydroxylation is 2. The molecule has 1 aromatic carbocycles. The third-order valence-electron chi connectivity index (χ3n) is 3.12. The number of aliphatic hydroxyl groups is 1. The molecule has 0 fully saturated rings. The minimum absolute atomic E-state index is 0.341. The molecule has 0 amide bonds. The minimum Gasteiger partial charge on any atom is -0.387 e. The molecule has 2 rings (SSSR count). The molecule has 0 aliphatic heterocycles. The molecule has 0 aliphatic carbocycles. The van der Waals surface area contributed by atoms with Gasteiger partial charge in [0.1, 0.15) is 5.82 Å². The third kappa shape index (κ3) is 3.62. The third-order valence-corrected chi connectivity index (χ3v) is 4.27. The summed E-state index contributed by atoms with van der Waals surface area (Å²) >= 11 is 1.75. The van der Waals surface area contributed by atoms with E-state index in [1.54, 1.807) is 29.5 Å². The Hall–Kier alpha value is -1.23. The van der Waals surface area contributed by atoms with Gasteiger partial charge in [0, 0.05) is 28.4 Å². The lowest BCUT2D eigenvalue weighted by atomic mass is 10.1. The van der Waals surface area contributed by atoms with E-state index in [4.69, 9.17) is 0 Å². The van der Waals surface area contributed by atoms with Crippen molar-refractivity contribution in [3.8, 4) is 0 Å². The fraction of sp³-hybridized carbons (Fsp3) is 0.333. The summed E-state index contributed by atoms with van der Waals surface area (Å²) < 4.78 is 13.5. The summed E-state index contributed by atoms with van der Waals surface area (Å²) in [5.41, 5.74) is 1.63. The van der Waals surface area contributed by atoms with Gasteiger partial charge in [-0.15, -0.1) is 11.3 Å². The van der Waals surface area contributed by atoms with Crippen molar-refractivity contribution in [3.63, 3.8) is 0 Å². The first-order valence-electron chi connectivity index (χ1n) is 6.27. The number of aliphatic hydroxyl groups excluding tert-OH is 1. The number of hydrogen-bond acceptors (Lipinski definition) is 3. The highest BCUT2D eigenvalue weighted by Gasteiger charge is 2.11. The van der Waals surface area contributed by atoms with Crippen molar-refractivity contribution in [2.75, 3.05) is 6.54 Å². The van der Waals surface area contributed by atoms with Gasteiger partial charge in [0.25, 0.3) is 0 Å². The second-order valence-electron chi connectivity index (χ2n) is 4.62. The first-order chi connectivity index (χ1) is 9.08. The highest BCUT2D eigenvalue weighted by molar-refractivity contribution is 7.12. The molecule has 2 aromatic rings. The maximum absolute atomic E-state index is 13.5. The topological polar surface area (TPSA) is 32.3 Å². The fourth-order valence-electron chi connectivity index (χ4n) is 1.92. The molecule has 102 valence electrons. The van der Waals surface area contributed by atoms with Crippen LogP contribution in [-0.4, -0.2) is 11.7 Å². The lowest BCUT2D eigenvalue weighted by Gasteiger charge is -2.12. The number of rotatable bonds is 5. The predicted molar refractivity (Wildman–Crippen MR) is 76.9 cm³/mol. The lowest BCUT2D eigenvalue weighted by molar-refractivity contribution is 0.170. The monoisotopic (exact) mass is 279 g/mol. The summed E-state index contributed by atoms with van der Waals surface area (Å²) in [7, 11) is 0. The predicted octanol–water partition coefficient (Wildman–Crippen LogP) is 3.33. The first-order valence-corrected chi connectivity index (χ1v) is 7.08. The molecule has 0 aliphatic rings. The Morgan fingerprint density at radius 1 is 1.32 bits per heavy atom. The zero-order chi connectivity index (χ0) is 13.8. The number of hydrogen-bond donors (Lipinski definition) is 2. The van der Waals surface area contributed by atoms with Gasteiger partial charge in [0.05, 0.1) is 6.10 Å². The van der Waals surface area contributed by atoms with Crippen LogP contribution in [0.4, 0.5) is 4.39 Å².